The van der Waals surface area contributed by atoms with Crippen molar-refractivity contribution in [3.63, 3.8) is 0 Å². The number of rotatable bonds is 5. The molecule has 0 aliphatic carbocycles. The van der Waals surface area contributed by atoms with E-state index < -0.39 is 10.0 Å². The fraction of sp³-hybridized carbons (Fsp3) is 0.107. The van der Waals surface area contributed by atoms with Gasteiger partial charge in [0.1, 0.15) is 5.75 Å². The van der Waals surface area contributed by atoms with E-state index >= 15 is 0 Å². The van der Waals surface area contributed by atoms with Crippen molar-refractivity contribution in [3.8, 4) is 17.2 Å². The van der Waals surface area contributed by atoms with Crippen LogP contribution in [-0.4, -0.2) is 38.7 Å². The second-order valence-electron chi connectivity index (χ2n) is 8.59. The van der Waals surface area contributed by atoms with Crippen LogP contribution in [0.3, 0.4) is 0 Å². The number of nitrogens with zero attached hydrogens (tertiary/aromatic N) is 1. The third-order valence-electron chi connectivity index (χ3n) is 6.66. The maximum absolute atomic E-state index is 14.0. The Morgan fingerprint density at radius 3 is 2.08 bits per heavy atom. The Kier molecular flexibility index (Phi) is 5.13. The van der Waals surface area contributed by atoms with Crippen LogP contribution in [0.15, 0.2) is 82.5 Å². The van der Waals surface area contributed by atoms with Gasteiger partial charge in [-0.1, -0.05) is 18.2 Å². The fourth-order valence-corrected chi connectivity index (χ4v) is 6.44. The van der Waals surface area contributed by atoms with Gasteiger partial charge < -0.3 is 19.2 Å². The maximum atomic E-state index is 14.0. The number of H-pyrrole nitrogens is 1. The number of pyridine rings is 1. The van der Waals surface area contributed by atoms with Gasteiger partial charge in [-0.25, -0.2) is 12.4 Å². The Morgan fingerprint density at radius 1 is 0.676 bits per heavy atom. The first-order valence-corrected chi connectivity index (χ1v) is 12.9. The Hall–Kier alpha value is -4.50. The molecule has 2 heterocycles. The van der Waals surface area contributed by atoms with E-state index in [4.69, 9.17) is 14.2 Å². The molecule has 6 aromatic rings. The Morgan fingerprint density at radius 2 is 1.38 bits per heavy atom. The number of nitrogens with one attached hydrogen (secondary N) is 1. The molecule has 4 aromatic carbocycles. The van der Waals surface area contributed by atoms with Gasteiger partial charge in [0.2, 0.25) is 0 Å². The quantitative estimate of drug-likeness (QED) is 0.323. The van der Waals surface area contributed by atoms with Crippen molar-refractivity contribution in [1.82, 2.24) is 8.96 Å². The van der Waals surface area contributed by atoms with Crippen molar-refractivity contribution >= 4 is 53.5 Å². The van der Waals surface area contributed by atoms with E-state index in [0.717, 1.165) is 0 Å². The molecule has 0 saturated heterocycles. The fourth-order valence-electron chi connectivity index (χ4n) is 4.90. The summed E-state index contributed by atoms with van der Waals surface area (Å²) >= 11 is 0. The van der Waals surface area contributed by atoms with Gasteiger partial charge in [0.25, 0.3) is 15.6 Å². The first-order valence-electron chi connectivity index (χ1n) is 11.4. The predicted molar refractivity (Wildman–Crippen MR) is 144 cm³/mol. The SMILES string of the molecule is COc1ccc2c(c1)c1cc3c(=O)[nH]c4cc(OC)c(OC)cc4c3cc1n2S(=O)(=O)c1ccccc1. The zero-order chi connectivity index (χ0) is 25.9. The maximum Gasteiger partial charge on any atom is 0.268 e. The molecule has 0 fully saturated rings. The van der Waals surface area contributed by atoms with Gasteiger partial charge >= 0.3 is 0 Å². The molecule has 0 spiro atoms. The summed E-state index contributed by atoms with van der Waals surface area (Å²) < 4.78 is 45.5. The third-order valence-corrected chi connectivity index (χ3v) is 8.40. The molecule has 0 saturated carbocycles. The molecule has 0 atom stereocenters. The van der Waals surface area contributed by atoms with Crippen LogP contribution in [0.1, 0.15) is 0 Å². The van der Waals surface area contributed by atoms with Crippen LogP contribution in [0, 0.1) is 0 Å². The van der Waals surface area contributed by atoms with Crippen molar-refractivity contribution in [3.05, 3.63) is 83.2 Å². The van der Waals surface area contributed by atoms with E-state index in [9.17, 15) is 13.2 Å². The average Bonchev–Trinajstić information content (AvgIpc) is 3.25. The lowest BCUT2D eigenvalue weighted by molar-refractivity contribution is 0.356. The number of aromatic nitrogens is 2. The first kappa shape index (κ1) is 22.9. The highest BCUT2D eigenvalue weighted by molar-refractivity contribution is 7.90. The van der Waals surface area contributed by atoms with Gasteiger partial charge in [-0.3, -0.25) is 4.79 Å². The lowest BCUT2D eigenvalue weighted by atomic mass is 10.0. The molecule has 8 nitrogen and oxygen atoms in total. The predicted octanol–water partition coefficient (Wildman–Crippen LogP) is 5.05. The summed E-state index contributed by atoms with van der Waals surface area (Å²) in [6.07, 6.45) is 0. The highest BCUT2D eigenvalue weighted by Crippen LogP contribution is 2.39. The molecule has 0 aliphatic heterocycles. The minimum Gasteiger partial charge on any atom is -0.497 e. The molecule has 9 heteroatoms. The monoisotopic (exact) mass is 514 g/mol. The van der Waals surface area contributed by atoms with E-state index in [1.807, 2.05) is 0 Å². The number of ether oxygens (including phenoxy) is 3. The smallest absolute Gasteiger partial charge is 0.268 e. The molecule has 0 bridgehead atoms. The van der Waals surface area contributed by atoms with E-state index in [2.05, 4.69) is 4.98 Å². The van der Waals surface area contributed by atoms with Crippen molar-refractivity contribution < 1.29 is 22.6 Å². The van der Waals surface area contributed by atoms with E-state index in [0.29, 0.717) is 60.7 Å². The number of aromatic amines is 1. The molecular weight excluding hydrogens is 492 g/mol. The summed E-state index contributed by atoms with van der Waals surface area (Å²) in [6, 6.07) is 20.4. The van der Waals surface area contributed by atoms with E-state index in [1.54, 1.807) is 79.9 Å². The first-order chi connectivity index (χ1) is 17.9. The molecule has 2 aromatic heterocycles. The van der Waals surface area contributed by atoms with E-state index in [-0.39, 0.29) is 10.5 Å². The number of methoxy groups -OCH3 is 3. The van der Waals surface area contributed by atoms with Gasteiger partial charge in [-0.05, 0) is 53.9 Å². The molecule has 1 N–H and O–H groups in total. The third kappa shape index (κ3) is 3.35. The summed E-state index contributed by atoms with van der Waals surface area (Å²) in [7, 11) is 0.628. The van der Waals surface area contributed by atoms with Crippen LogP contribution in [0.5, 0.6) is 17.2 Å². The minimum atomic E-state index is -3.98. The second kappa shape index (κ2) is 8.28. The number of hydrogen-bond acceptors (Lipinski definition) is 6. The topological polar surface area (TPSA) is 99.6 Å². The van der Waals surface area contributed by atoms with Crippen LogP contribution in [0.25, 0.3) is 43.5 Å². The van der Waals surface area contributed by atoms with Crippen molar-refractivity contribution in [2.45, 2.75) is 4.90 Å². The zero-order valence-corrected chi connectivity index (χ0v) is 21.0. The van der Waals surface area contributed by atoms with E-state index in [1.165, 1.54) is 18.2 Å². The minimum absolute atomic E-state index is 0.159. The summed E-state index contributed by atoms with van der Waals surface area (Å²) in [6.45, 7) is 0. The summed E-state index contributed by atoms with van der Waals surface area (Å²) in [5, 5.41) is 2.98. The zero-order valence-electron chi connectivity index (χ0n) is 20.2. The average molecular weight is 515 g/mol. The Bertz CT molecular complexity index is 2030. The van der Waals surface area contributed by atoms with Crippen molar-refractivity contribution in [2.24, 2.45) is 0 Å². The highest BCUT2D eigenvalue weighted by Gasteiger charge is 2.25. The van der Waals surface area contributed by atoms with Gasteiger partial charge in [0, 0.05) is 27.6 Å². The molecule has 6 rings (SSSR count). The van der Waals surface area contributed by atoms with Crippen LogP contribution >= 0.6 is 0 Å². The van der Waals surface area contributed by atoms with Gasteiger partial charge in [-0.2, -0.15) is 0 Å². The summed E-state index contributed by atoms with van der Waals surface area (Å²) in [5.74, 6) is 1.54. The lowest BCUT2D eigenvalue weighted by Crippen LogP contribution is -2.13. The van der Waals surface area contributed by atoms with Crippen LogP contribution in [0.2, 0.25) is 0 Å². The van der Waals surface area contributed by atoms with Gasteiger partial charge in [0.05, 0.1) is 42.8 Å². The second-order valence-corrected chi connectivity index (χ2v) is 10.4. The molecule has 186 valence electrons. The molecule has 0 aliphatic rings. The lowest BCUT2D eigenvalue weighted by Gasteiger charge is -2.12. The van der Waals surface area contributed by atoms with Gasteiger partial charge in [0.15, 0.2) is 11.5 Å². The Balaban J connectivity index is 1.82. The largest absolute Gasteiger partial charge is 0.497 e. The summed E-state index contributed by atoms with van der Waals surface area (Å²) in [5.41, 5.74) is 1.17. The molecule has 0 unspecified atom stereocenters. The molecule has 0 radical (unpaired) electrons. The number of fused-ring (bicyclic) bond motifs is 6. The van der Waals surface area contributed by atoms with Crippen LogP contribution < -0.4 is 19.8 Å². The number of benzene rings is 4. The Labute approximate surface area is 211 Å². The van der Waals surface area contributed by atoms with Crippen LogP contribution in [-0.2, 0) is 10.0 Å². The molecule has 0 amide bonds. The standard InChI is InChI=1S/C28H22N2O6S/c1-34-16-9-10-24-20(11-16)21-12-22-18(13-25(21)30(24)37(32,33)17-7-5-4-6-8-17)19-14-26(35-2)27(36-3)15-23(19)29-28(22)31/h4-15H,1-3H3,(H,29,31). The molecular formula is C28H22N2O6S. The van der Waals surface area contributed by atoms with Gasteiger partial charge in [-0.15, -0.1) is 0 Å². The summed E-state index contributed by atoms with van der Waals surface area (Å²) in [4.78, 5) is 16.3. The van der Waals surface area contributed by atoms with Crippen LogP contribution in [0.4, 0.5) is 0 Å². The highest BCUT2D eigenvalue weighted by atomic mass is 32.2. The van der Waals surface area contributed by atoms with Crippen molar-refractivity contribution in [2.75, 3.05) is 21.3 Å². The van der Waals surface area contributed by atoms with Crippen molar-refractivity contribution in [1.29, 1.82) is 0 Å². The number of hydrogen-bond donors (Lipinski definition) is 1. The normalized spacial score (nSPS) is 12.0. The molecule has 37 heavy (non-hydrogen) atoms.